The van der Waals surface area contributed by atoms with Gasteiger partial charge in [-0.15, -0.1) is 0 Å². The van der Waals surface area contributed by atoms with Crippen LogP contribution in [0.2, 0.25) is 0 Å². The van der Waals surface area contributed by atoms with E-state index in [2.05, 4.69) is 11.6 Å². The Labute approximate surface area is 73.1 Å². The van der Waals surface area contributed by atoms with E-state index in [1.54, 1.807) is 0 Å². The number of rotatable bonds is 2. The normalized spacial score (nSPS) is 12.4. The molecule has 0 fully saturated rings. The molecule has 0 saturated heterocycles. The summed E-state index contributed by atoms with van der Waals surface area (Å²) in [6, 6.07) is 1.22. The van der Waals surface area contributed by atoms with Crippen molar-refractivity contribution in [1.29, 1.82) is 0 Å². The number of aromatic amines is 1. The highest BCUT2D eigenvalue weighted by Crippen LogP contribution is 2.05. The van der Waals surface area contributed by atoms with Crippen molar-refractivity contribution in [3.05, 3.63) is 45.8 Å². The SMILES string of the molecule is C=CC(Cl)n1c(=O)cc[nH]c1=O. The quantitative estimate of drug-likeness (QED) is 0.539. The van der Waals surface area contributed by atoms with Crippen molar-refractivity contribution in [2.24, 2.45) is 0 Å². The smallest absolute Gasteiger partial charge is 0.314 e. The lowest BCUT2D eigenvalue weighted by Gasteiger charge is -2.04. The van der Waals surface area contributed by atoms with Crippen LogP contribution in [-0.4, -0.2) is 9.55 Å². The van der Waals surface area contributed by atoms with E-state index < -0.39 is 16.8 Å². The Hall–Kier alpha value is -1.29. The Morgan fingerprint density at radius 1 is 1.67 bits per heavy atom. The Morgan fingerprint density at radius 3 is 2.83 bits per heavy atom. The summed E-state index contributed by atoms with van der Waals surface area (Å²) in [5, 5.41) is 0. The summed E-state index contributed by atoms with van der Waals surface area (Å²) >= 11 is 5.63. The van der Waals surface area contributed by atoms with Crippen molar-refractivity contribution < 1.29 is 0 Å². The molecule has 1 aromatic heterocycles. The third-order valence-electron chi connectivity index (χ3n) is 1.33. The van der Waals surface area contributed by atoms with Gasteiger partial charge in [0.2, 0.25) is 0 Å². The topological polar surface area (TPSA) is 54.9 Å². The van der Waals surface area contributed by atoms with Gasteiger partial charge in [0, 0.05) is 12.3 Å². The van der Waals surface area contributed by atoms with Gasteiger partial charge in [0.15, 0.2) is 0 Å². The van der Waals surface area contributed by atoms with E-state index in [-0.39, 0.29) is 0 Å². The standard InChI is InChI=1S/C7H7ClN2O2/c1-2-5(8)10-6(11)3-4-9-7(10)12/h2-5H,1H2,(H,9,12). The number of aromatic nitrogens is 2. The molecule has 12 heavy (non-hydrogen) atoms. The molecule has 4 nitrogen and oxygen atoms in total. The molecule has 0 aliphatic rings. The van der Waals surface area contributed by atoms with Crippen LogP contribution in [0.25, 0.3) is 0 Å². The highest BCUT2D eigenvalue weighted by Gasteiger charge is 2.06. The molecule has 0 aromatic carbocycles. The van der Waals surface area contributed by atoms with Crippen molar-refractivity contribution in [3.8, 4) is 0 Å². The van der Waals surface area contributed by atoms with Gasteiger partial charge in [-0.3, -0.25) is 4.79 Å². The van der Waals surface area contributed by atoms with E-state index in [0.29, 0.717) is 0 Å². The first kappa shape index (κ1) is 8.80. The highest BCUT2D eigenvalue weighted by molar-refractivity contribution is 6.20. The van der Waals surface area contributed by atoms with Crippen LogP contribution in [0.1, 0.15) is 5.50 Å². The number of halogens is 1. The summed E-state index contributed by atoms with van der Waals surface area (Å²) in [6.07, 6.45) is 2.58. The van der Waals surface area contributed by atoms with Crippen LogP contribution in [0, 0.1) is 0 Å². The predicted octanol–water partition coefficient (Wildman–Crippen LogP) is 0.460. The zero-order chi connectivity index (χ0) is 9.14. The van der Waals surface area contributed by atoms with Crippen molar-refractivity contribution in [3.63, 3.8) is 0 Å². The molecule has 0 radical (unpaired) electrons. The van der Waals surface area contributed by atoms with Gasteiger partial charge in [0.05, 0.1) is 0 Å². The van der Waals surface area contributed by atoms with Gasteiger partial charge in [0.1, 0.15) is 5.50 Å². The van der Waals surface area contributed by atoms with E-state index in [1.165, 1.54) is 18.3 Å². The molecular formula is C7H7ClN2O2. The molecule has 0 amide bonds. The molecule has 0 bridgehead atoms. The van der Waals surface area contributed by atoms with Crippen molar-refractivity contribution in [2.45, 2.75) is 5.50 Å². The van der Waals surface area contributed by atoms with Crippen LogP contribution in [0.15, 0.2) is 34.5 Å². The van der Waals surface area contributed by atoms with Gasteiger partial charge >= 0.3 is 5.69 Å². The molecule has 1 atom stereocenters. The second kappa shape index (κ2) is 3.40. The van der Waals surface area contributed by atoms with E-state index in [4.69, 9.17) is 11.6 Å². The number of nitrogens with zero attached hydrogens (tertiary/aromatic N) is 1. The molecule has 1 rings (SSSR count). The molecular weight excluding hydrogens is 180 g/mol. The summed E-state index contributed by atoms with van der Waals surface area (Å²) in [6.45, 7) is 3.37. The third-order valence-corrected chi connectivity index (χ3v) is 1.70. The largest absolute Gasteiger partial charge is 0.329 e. The Morgan fingerprint density at radius 2 is 2.33 bits per heavy atom. The number of nitrogens with one attached hydrogen (secondary N) is 1. The minimum atomic E-state index is -0.803. The van der Waals surface area contributed by atoms with E-state index in [9.17, 15) is 9.59 Å². The van der Waals surface area contributed by atoms with Crippen LogP contribution in [-0.2, 0) is 0 Å². The molecule has 1 aromatic rings. The van der Waals surface area contributed by atoms with Crippen LogP contribution in [0.5, 0.6) is 0 Å². The first-order chi connectivity index (χ1) is 5.66. The average molecular weight is 187 g/mol. The molecule has 1 N–H and O–H groups in total. The van der Waals surface area contributed by atoms with Crippen LogP contribution in [0.3, 0.4) is 0 Å². The van der Waals surface area contributed by atoms with E-state index in [1.807, 2.05) is 0 Å². The van der Waals surface area contributed by atoms with Crippen molar-refractivity contribution in [2.75, 3.05) is 0 Å². The minimum Gasteiger partial charge on any atom is -0.314 e. The van der Waals surface area contributed by atoms with Gasteiger partial charge in [-0.25, -0.2) is 9.36 Å². The summed E-state index contributed by atoms with van der Waals surface area (Å²) in [7, 11) is 0. The maximum absolute atomic E-state index is 11.1. The zero-order valence-electron chi connectivity index (χ0n) is 6.16. The van der Waals surface area contributed by atoms with Crippen LogP contribution in [0.4, 0.5) is 0 Å². The zero-order valence-corrected chi connectivity index (χ0v) is 6.91. The maximum Gasteiger partial charge on any atom is 0.329 e. The summed E-state index contributed by atoms with van der Waals surface area (Å²) < 4.78 is 0.870. The fourth-order valence-corrected chi connectivity index (χ4v) is 0.958. The lowest BCUT2D eigenvalue weighted by atomic mass is 10.5. The molecule has 5 heteroatoms. The van der Waals surface area contributed by atoms with E-state index in [0.717, 1.165) is 4.57 Å². The summed E-state index contributed by atoms with van der Waals surface area (Å²) in [5.41, 5.74) is -1.79. The fraction of sp³-hybridized carbons (Fsp3) is 0.143. The fourth-order valence-electron chi connectivity index (χ4n) is 0.773. The molecule has 0 aliphatic carbocycles. The van der Waals surface area contributed by atoms with Gasteiger partial charge in [0.25, 0.3) is 5.56 Å². The predicted molar refractivity (Wildman–Crippen MR) is 46.4 cm³/mol. The number of H-pyrrole nitrogens is 1. The Balaban J connectivity index is 3.41. The first-order valence-corrected chi connectivity index (χ1v) is 3.67. The molecule has 64 valence electrons. The second-order valence-electron chi connectivity index (χ2n) is 2.10. The van der Waals surface area contributed by atoms with E-state index >= 15 is 0 Å². The molecule has 0 aliphatic heterocycles. The summed E-state index contributed by atoms with van der Waals surface area (Å²) in [5.74, 6) is 0. The number of allylic oxidation sites excluding steroid dienone is 1. The number of hydrogen-bond donors (Lipinski definition) is 1. The highest BCUT2D eigenvalue weighted by atomic mass is 35.5. The van der Waals surface area contributed by atoms with Crippen molar-refractivity contribution in [1.82, 2.24) is 9.55 Å². The lowest BCUT2D eigenvalue weighted by Crippen LogP contribution is -2.34. The number of alkyl halides is 1. The van der Waals surface area contributed by atoms with Gasteiger partial charge in [-0.05, 0) is 0 Å². The maximum atomic E-state index is 11.1. The molecule has 0 spiro atoms. The Bertz CT molecular complexity index is 365. The van der Waals surface area contributed by atoms with Crippen LogP contribution >= 0.6 is 11.6 Å². The molecule has 1 unspecified atom stereocenters. The third kappa shape index (κ3) is 1.48. The second-order valence-corrected chi connectivity index (χ2v) is 2.55. The Kier molecular flexibility index (Phi) is 2.50. The first-order valence-electron chi connectivity index (χ1n) is 3.23. The minimum absolute atomic E-state index is 0.446. The number of hydrogen-bond acceptors (Lipinski definition) is 2. The average Bonchev–Trinajstić information content (AvgIpc) is 2.03. The summed E-state index contributed by atoms with van der Waals surface area (Å²) in [4.78, 5) is 24.4. The van der Waals surface area contributed by atoms with Crippen LogP contribution < -0.4 is 11.2 Å². The molecule has 0 saturated carbocycles. The lowest BCUT2D eigenvalue weighted by molar-refractivity contribution is 0.691. The van der Waals surface area contributed by atoms with Gasteiger partial charge in [-0.2, -0.15) is 0 Å². The monoisotopic (exact) mass is 186 g/mol. The van der Waals surface area contributed by atoms with Crippen molar-refractivity contribution >= 4 is 11.6 Å². The van der Waals surface area contributed by atoms with Gasteiger partial charge < -0.3 is 4.98 Å². The van der Waals surface area contributed by atoms with Gasteiger partial charge in [-0.1, -0.05) is 24.3 Å². The molecule has 1 heterocycles.